The van der Waals surface area contributed by atoms with Crippen molar-refractivity contribution in [3.8, 4) is 0 Å². The second kappa shape index (κ2) is 5.43. The summed E-state index contributed by atoms with van der Waals surface area (Å²) in [5.41, 5.74) is 7.08. The molecule has 0 aliphatic carbocycles. The molecule has 3 unspecified atom stereocenters. The van der Waals surface area contributed by atoms with Gasteiger partial charge < -0.3 is 11.1 Å². The van der Waals surface area contributed by atoms with Crippen molar-refractivity contribution in [3.63, 3.8) is 0 Å². The van der Waals surface area contributed by atoms with E-state index in [1.165, 1.54) is 5.56 Å². The van der Waals surface area contributed by atoms with E-state index in [0.29, 0.717) is 18.0 Å². The molecule has 0 saturated carbocycles. The van der Waals surface area contributed by atoms with Crippen LogP contribution in [-0.4, -0.2) is 19.3 Å². The van der Waals surface area contributed by atoms with Crippen LogP contribution in [0.4, 0.5) is 0 Å². The highest BCUT2D eigenvalue weighted by molar-refractivity contribution is 5.20. The van der Waals surface area contributed by atoms with Crippen LogP contribution in [0.2, 0.25) is 0 Å². The average molecular weight is 219 g/mol. The van der Waals surface area contributed by atoms with Gasteiger partial charge in [-0.2, -0.15) is 0 Å². The van der Waals surface area contributed by atoms with Gasteiger partial charge in [0.25, 0.3) is 0 Å². The molecule has 1 saturated heterocycles. The van der Waals surface area contributed by atoms with Crippen LogP contribution in [0.25, 0.3) is 0 Å². The van der Waals surface area contributed by atoms with Crippen molar-refractivity contribution >= 4 is 0 Å². The lowest BCUT2D eigenvalue weighted by Gasteiger charge is -2.38. The number of rotatable bonds is 3. The molecular formula is C13H21N3. The van der Waals surface area contributed by atoms with Gasteiger partial charge in [0, 0.05) is 18.8 Å². The van der Waals surface area contributed by atoms with E-state index in [-0.39, 0.29) is 0 Å². The van der Waals surface area contributed by atoms with Gasteiger partial charge in [-0.3, -0.25) is 5.32 Å². The summed E-state index contributed by atoms with van der Waals surface area (Å²) in [6.07, 6.45) is 1.06. The minimum Gasteiger partial charge on any atom is -0.330 e. The highest BCUT2D eigenvalue weighted by Gasteiger charge is 2.30. The first kappa shape index (κ1) is 11.6. The largest absolute Gasteiger partial charge is 0.330 e. The molecular weight excluding hydrogens is 198 g/mol. The van der Waals surface area contributed by atoms with Crippen molar-refractivity contribution in [3.05, 3.63) is 35.9 Å². The number of nitrogens with one attached hydrogen (secondary N) is 2. The van der Waals surface area contributed by atoms with Crippen LogP contribution < -0.4 is 16.4 Å². The summed E-state index contributed by atoms with van der Waals surface area (Å²) < 4.78 is 0. The maximum absolute atomic E-state index is 5.71. The quantitative estimate of drug-likeness (QED) is 0.716. The molecule has 1 aliphatic rings. The SMILES string of the molecule is CC1NCNC(c2ccccc2)C1CCN. The van der Waals surface area contributed by atoms with Gasteiger partial charge in [-0.05, 0) is 31.4 Å². The molecule has 1 aliphatic heterocycles. The molecule has 2 rings (SSSR count). The fourth-order valence-electron chi connectivity index (χ4n) is 2.56. The van der Waals surface area contributed by atoms with Gasteiger partial charge in [-0.15, -0.1) is 0 Å². The molecule has 1 aromatic rings. The summed E-state index contributed by atoms with van der Waals surface area (Å²) in [5.74, 6) is 0.571. The first-order valence-corrected chi connectivity index (χ1v) is 6.04. The van der Waals surface area contributed by atoms with E-state index in [4.69, 9.17) is 5.73 Å². The summed E-state index contributed by atoms with van der Waals surface area (Å²) >= 11 is 0. The standard InChI is InChI=1S/C13H21N3/c1-10-12(7-8-14)13(16-9-15-10)11-5-3-2-4-6-11/h2-6,10,12-13,15-16H,7-9,14H2,1H3. The second-order valence-corrected chi connectivity index (χ2v) is 4.50. The summed E-state index contributed by atoms with van der Waals surface area (Å²) in [4.78, 5) is 0. The van der Waals surface area contributed by atoms with E-state index in [9.17, 15) is 0 Å². The zero-order chi connectivity index (χ0) is 11.4. The third-order valence-corrected chi connectivity index (χ3v) is 3.48. The lowest BCUT2D eigenvalue weighted by Crippen LogP contribution is -2.52. The second-order valence-electron chi connectivity index (χ2n) is 4.50. The highest BCUT2D eigenvalue weighted by atomic mass is 15.1. The lowest BCUT2D eigenvalue weighted by molar-refractivity contribution is 0.212. The zero-order valence-corrected chi connectivity index (χ0v) is 9.82. The average Bonchev–Trinajstić information content (AvgIpc) is 2.33. The molecule has 88 valence electrons. The Balaban J connectivity index is 2.17. The molecule has 1 aromatic carbocycles. The molecule has 0 spiro atoms. The first-order chi connectivity index (χ1) is 7.83. The molecule has 1 heterocycles. The fraction of sp³-hybridized carbons (Fsp3) is 0.538. The maximum atomic E-state index is 5.71. The van der Waals surface area contributed by atoms with Crippen LogP contribution >= 0.6 is 0 Å². The number of hydrogen-bond donors (Lipinski definition) is 3. The van der Waals surface area contributed by atoms with Crippen molar-refractivity contribution in [2.45, 2.75) is 25.4 Å². The molecule has 0 bridgehead atoms. The summed E-state index contributed by atoms with van der Waals surface area (Å²) in [6.45, 7) is 3.88. The zero-order valence-electron chi connectivity index (χ0n) is 9.82. The van der Waals surface area contributed by atoms with Gasteiger partial charge in [0.1, 0.15) is 0 Å². The number of hydrogen-bond acceptors (Lipinski definition) is 3. The van der Waals surface area contributed by atoms with Gasteiger partial charge >= 0.3 is 0 Å². The van der Waals surface area contributed by atoms with E-state index in [1.807, 2.05) is 0 Å². The normalized spacial score (nSPS) is 30.2. The third-order valence-electron chi connectivity index (χ3n) is 3.48. The predicted molar refractivity (Wildman–Crippen MR) is 66.9 cm³/mol. The Morgan fingerprint density at radius 1 is 1.25 bits per heavy atom. The van der Waals surface area contributed by atoms with Crippen LogP contribution in [0.15, 0.2) is 30.3 Å². The molecule has 3 nitrogen and oxygen atoms in total. The monoisotopic (exact) mass is 219 g/mol. The lowest BCUT2D eigenvalue weighted by atomic mass is 9.84. The van der Waals surface area contributed by atoms with Gasteiger partial charge in [0.05, 0.1) is 0 Å². The van der Waals surface area contributed by atoms with Crippen molar-refractivity contribution in [1.82, 2.24) is 10.6 Å². The molecule has 0 radical (unpaired) electrons. The van der Waals surface area contributed by atoms with Crippen LogP contribution in [0.5, 0.6) is 0 Å². The van der Waals surface area contributed by atoms with Crippen LogP contribution in [0.1, 0.15) is 24.9 Å². The van der Waals surface area contributed by atoms with Crippen molar-refractivity contribution in [2.75, 3.05) is 13.2 Å². The van der Waals surface area contributed by atoms with E-state index < -0.39 is 0 Å². The van der Waals surface area contributed by atoms with Gasteiger partial charge in [-0.1, -0.05) is 30.3 Å². The highest BCUT2D eigenvalue weighted by Crippen LogP contribution is 2.29. The minimum absolute atomic E-state index is 0.431. The molecule has 1 fully saturated rings. The minimum atomic E-state index is 0.431. The van der Waals surface area contributed by atoms with Crippen LogP contribution in [0.3, 0.4) is 0 Å². The Morgan fingerprint density at radius 3 is 2.69 bits per heavy atom. The molecule has 4 N–H and O–H groups in total. The topological polar surface area (TPSA) is 50.1 Å². The van der Waals surface area contributed by atoms with E-state index in [1.54, 1.807) is 0 Å². The maximum Gasteiger partial charge on any atom is 0.0461 e. The van der Waals surface area contributed by atoms with Crippen LogP contribution in [-0.2, 0) is 0 Å². The molecule has 0 aromatic heterocycles. The van der Waals surface area contributed by atoms with Gasteiger partial charge in [-0.25, -0.2) is 0 Å². The summed E-state index contributed by atoms with van der Waals surface area (Å²) in [6, 6.07) is 11.6. The van der Waals surface area contributed by atoms with Gasteiger partial charge in [0.15, 0.2) is 0 Å². The third kappa shape index (κ3) is 2.43. The smallest absolute Gasteiger partial charge is 0.0461 e. The summed E-state index contributed by atoms with van der Waals surface area (Å²) in [5, 5.41) is 6.98. The van der Waals surface area contributed by atoms with Crippen molar-refractivity contribution in [1.29, 1.82) is 0 Å². The molecule has 16 heavy (non-hydrogen) atoms. The number of nitrogens with two attached hydrogens (primary N) is 1. The Kier molecular flexibility index (Phi) is 3.93. The van der Waals surface area contributed by atoms with Gasteiger partial charge in [0.2, 0.25) is 0 Å². The van der Waals surface area contributed by atoms with E-state index in [2.05, 4.69) is 47.9 Å². The first-order valence-electron chi connectivity index (χ1n) is 6.04. The Morgan fingerprint density at radius 2 is 2.00 bits per heavy atom. The predicted octanol–water partition coefficient (Wildman–Crippen LogP) is 1.23. The Hall–Kier alpha value is -0.900. The fourth-order valence-corrected chi connectivity index (χ4v) is 2.56. The molecule has 3 atom stereocenters. The van der Waals surface area contributed by atoms with Crippen molar-refractivity contribution < 1.29 is 0 Å². The Bertz CT molecular complexity index is 312. The van der Waals surface area contributed by atoms with Crippen molar-refractivity contribution in [2.24, 2.45) is 11.7 Å². The van der Waals surface area contributed by atoms with E-state index in [0.717, 1.165) is 19.6 Å². The molecule has 3 heteroatoms. The molecule has 0 amide bonds. The number of benzene rings is 1. The van der Waals surface area contributed by atoms with E-state index >= 15 is 0 Å². The van der Waals surface area contributed by atoms with Crippen LogP contribution in [0, 0.1) is 5.92 Å². The Labute approximate surface area is 97.4 Å². The summed E-state index contributed by atoms with van der Waals surface area (Å²) in [7, 11) is 0.